The van der Waals surface area contributed by atoms with E-state index in [1.54, 1.807) is 6.20 Å². The number of hydrogen-bond donors (Lipinski definition) is 0. The van der Waals surface area contributed by atoms with Crippen LogP contribution in [0.4, 0.5) is 0 Å². The highest BCUT2D eigenvalue weighted by molar-refractivity contribution is 5.88. The van der Waals surface area contributed by atoms with E-state index >= 15 is 0 Å². The molecular weight excluding hydrogens is 276 g/mol. The normalized spacial score (nSPS) is 10.4. The van der Waals surface area contributed by atoms with Crippen LogP contribution in [-0.4, -0.2) is 22.6 Å². The molecule has 22 heavy (non-hydrogen) atoms. The SMILES string of the molecule is COC(=O)c1cnc(-c2ccccc2)n1Cc1ccccc1. The number of carbonyl (C=O) groups is 1. The molecule has 4 nitrogen and oxygen atoms in total. The Bertz CT molecular complexity index is 764. The molecule has 0 radical (unpaired) electrons. The van der Waals surface area contributed by atoms with Crippen LogP contribution in [0, 0.1) is 0 Å². The van der Waals surface area contributed by atoms with Gasteiger partial charge in [-0.25, -0.2) is 9.78 Å². The van der Waals surface area contributed by atoms with Crippen molar-refractivity contribution in [3.05, 3.63) is 78.1 Å². The lowest BCUT2D eigenvalue weighted by atomic mass is 10.2. The van der Waals surface area contributed by atoms with Crippen LogP contribution in [0.15, 0.2) is 66.9 Å². The van der Waals surface area contributed by atoms with Crippen LogP contribution in [0.25, 0.3) is 11.4 Å². The highest BCUT2D eigenvalue weighted by Gasteiger charge is 2.18. The second kappa shape index (κ2) is 6.26. The third kappa shape index (κ3) is 2.76. The van der Waals surface area contributed by atoms with Crippen molar-refractivity contribution in [2.24, 2.45) is 0 Å². The second-order valence-corrected chi connectivity index (χ2v) is 4.90. The van der Waals surface area contributed by atoms with Gasteiger partial charge in [-0.2, -0.15) is 0 Å². The quantitative estimate of drug-likeness (QED) is 0.692. The molecule has 0 N–H and O–H groups in total. The lowest BCUT2D eigenvalue weighted by molar-refractivity contribution is 0.0589. The summed E-state index contributed by atoms with van der Waals surface area (Å²) in [5, 5.41) is 0. The van der Waals surface area contributed by atoms with Crippen molar-refractivity contribution < 1.29 is 9.53 Å². The van der Waals surface area contributed by atoms with Gasteiger partial charge in [0.05, 0.1) is 13.3 Å². The first kappa shape index (κ1) is 14.1. The Hall–Kier alpha value is -2.88. The molecule has 0 saturated heterocycles. The Labute approximate surface area is 129 Å². The summed E-state index contributed by atoms with van der Waals surface area (Å²) in [6, 6.07) is 19.8. The summed E-state index contributed by atoms with van der Waals surface area (Å²) in [7, 11) is 1.38. The molecule has 0 atom stereocenters. The predicted molar refractivity (Wildman–Crippen MR) is 84.5 cm³/mol. The van der Waals surface area contributed by atoms with Gasteiger partial charge < -0.3 is 9.30 Å². The van der Waals surface area contributed by atoms with Gasteiger partial charge in [-0.1, -0.05) is 60.7 Å². The number of methoxy groups -OCH3 is 1. The van der Waals surface area contributed by atoms with Crippen LogP contribution in [0.1, 0.15) is 16.1 Å². The molecule has 0 bridgehead atoms. The fourth-order valence-electron chi connectivity index (χ4n) is 2.39. The number of benzene rings is 2. The standard InChI is InChI=1S/C18H16N2O2/c1-22-18(21)16-12-19-17(15-10-6-3-7-11-15)20(16)13-14-8-4-2-5-9-14/h2-12H,13H2,1H3. The van der Waals surface area contributed by atoms with Crippen molar-refractivity contribution in [3.63, 3.8) is 0 Å². The molecule has 4 heteroatoms. The Morgan fingerprint density at radius 1 is 1.05 bits per heavy atom. The average molecular weight is 292 g/mol. The van der Waals surface area contributed by atoms with E-state index in [4.69, 9.17) is 4.74 Å². The van der Waals surface area contributed by atoms with E-state index in [1.165, 1.54) is 7.11 Å². The maximum atomic E-state index is 12.0. The van der Waals surface area contributed by atoms with E-state index in [0.29, 0.717) is 12.2 Å². The number of hydrogen-bond acceptors (Lipinski definition) is 3. The summed E-state index contributed by atoms with van der Waals surface area (Å²) < 4.78 is 6.75. The highest BCUT2D eigenvalue weighted by atomic mass is 16.5. The molecule has 0 amide bonds. The number of nitrogens with zero attached hydrogens (tertiary/aromatic N) is 2. The molecule has 0 aliphatic carbocycles. The number of esters is 1. The van der Waals surface area contributed by atoms with Crippen molar-refractivity contribution in [2.75, 3.05) is 7.11 Å². The molecule has 1 heterocycles. The fourth-order valence-corrected chi connectivity index (χ4v) is 2.39. The fraction of sp³-hybridized carbons (Fsp3) is 0.111. The first-order valence-corrected chi connectivity index (χ1v) is 7.03. The van der Waals surface area contributed by atoms with E-state index in [1.807, 2.05) is 65.2 Å². The molecule has 3 aromatic rings. The van der Waals surface area contributed by atoms with Crippen LogP contribution in [-0.2, 0) is 11.3 Å². The Morgan fingerprint density at radius 3 is 2.32 bits per heavy atom. The van der Waals surface area contributed by atoms with Crippen LogP contribution in [0.3, 0.4) is 0 Å². The first-order valence-electron chi connectivity index (χ1n) is 7.03. The second-order valence-electron chi connectivity index (χ2n) is 4.90. The van der Waals surface area contributed by atoms with E-state index in [9.17, 15) is 4.79 Å². The zero-order valence-electron chi connectivity index (χ0n) is 12.3. The molecular formula is C18H16N2O2. The molecule has 0 unspecified atom stereocenters. The Kier molecular flexibility index (Phi) is 4.01. The van der Waals surface area contributed by atoms with E-state index < -0.39 is 0 Å². The molecule has 110 valence electrons. The van der Waals surface area contributed by atoms with Gasteiger partial charge in [0, 0.05) is 12.1 Å². The molecule has 0 spiro atoms. The maximum absolute atomic E-state index is 12.0. The van der Waals surface area contributed by atoms with Gasteiger partial charge in [-0.15, -0.1) is 0 Å². The van der Waals surface area contributed by atoms with E-state index in [-0.39, 0.29) is 5.97 Å². The zero-order valence-corrected chi connectivity index (χ0v) is 12.3. The number of rotatable bonds is 4. The lowest BCUT2D eigenvalue weighted by Gasteiger charge is -2.11. The minimum absolute atomic E-state index is 0.384. The first-order chi connectivity index (χ1) is 10.8. The maximum Gasteiger partial charge on any atom is 0.356 e. The summed E-state index contributed by atoms with van der Waals surface area (Å²) in [5.74, 6) is 0.371. The minimum atomic E-state index is -0.384. The zero-order chi connectivity index (χ0) is 15.4. The minimum Gasteiger partial charge on any atom is -0.464 e. The summed E-state index contributed by atoms with van der Waals surface area (Å²) in [6.45, 7) is 0.565. The average Bonchev–Trinajstić information content (AvgIpc) is 2.99. The van der Waals surface area contributed by atoms with Gasteiger partial charge in [-0.05, 0) is 5.56 Å². The van der Waals surface area contributed by atoms with Crippen molar-refractivity contribution >= 4 is 5.97 Å². The molecule has 2 aromatic carbocycles. The summed E-state index contributed by atoms with van der Waals surface area (Å²) >= 11 is 0. The lowest BCUT2D eigenvalue weighted by Crippen LogP contribution is -2.12. The van der Waals surface area contributed by atoms with Gasteiger partial charge >= 0.3 is 5.97 Å². The summed E-state index contributed by atoms with van der Waals surface area (Å²) in [4.78, 5) is 16.4. The molecule has 0 aliphatic heterocycles. The number of aromatic nitrogens is 2. The van der Waals surface area contributed by atoms with Crippen molar-refractivity contribution in [2.45, 2.75) is 6.54 Å². The smallest absolute Gasteiger partial charge is 0.356 e. The third-order valence-electron chi connectivity index (χ3n) is 3.47. The van der Waals surface area contributed by atoms with Crippen LogP contribution >= 0.6 is 0 Å². The predicted octanol–water partition coefficient (Wildman–Crippen LogP) is 3.39. The van der Waals surface area contributed by atoms with Crippen LogP contribution in [0.2, 0.25) is 0 Å². The van der Waals surface area contributed by atoms with Crippen molar-refractivity contribution in [1.82, 2.24) is 9.55 Å². The Balaban J connectivity index is 2.07. The van der Waals surface area contributed by atoms with Gasteiger partial charge in [0.25, 0.3) is 0 Å². The molecule has 0 fully saturated rings. The van der Waals surface area contributed by atoms with Gasteiger partial charge in [-0.3, -0.25) is 0 Å². The number of imidazole rings is 1. The topological polar surface area (TPSA) is 44.1 Å². The molecule has 0 saturated carbocycles. The molecule has 1 aromatic heterocycles. The number of carbonyl (C=O) groups excluding carboxylic acids is 1. The van der Waals surface area contributed by atoms with Gasteiger partial charge in [0.15, 0.2) is 0 Å². The summed E-state index contributed by atoms with van der Waals surface area (Å²) in [6.07, 6.45) is 1.57. The van der Waals surface area contributed by atoms with Crippen LogP contribution < -0.4 is 0 Å². The van der Waals surface area contributed by atoms with E-state index in [2.05, 4.69) is 4.98 Å². The molecule has 3 rings (SSSR count). The monoisotopic (exact) mass is 292 g/mol. The summed E-state index contributed by atoms with van der Waals surface area (Å²) in [5.41, 5.74) is 2.52. The third-order valence-corrected chi connectivity index (χ3v) is 3.47. The highest BCUT2D eigenvalue weighted by Crippen LogP contribution is 2.21. The van der Waals surface area contributed by atoms with Crippen molar-refractivity contribution in [1.29, 1.82) is 0 Å². The Morgan fingerprint density at radius 2 is 1.68 bits per heavy atom. The van der Waals surface area contributed by atoms with Gasteiger partial charge in [0.2, 0.25) is 0 Å². The number of ether oxygens (including phenoxy) is 1. The largest absolute Gasteiger partial charge is 0.464 e. The van der Waals surface area contributed by atoms with Gasteiger partial charge in [0.1, 0.15) is 11.5 Å². The molecule has 0 aliphatic rings. The van der Waals surface area contributed by atoms with E-state index in [0.717, 1.165) is 17.0 Å². The van der Waals surface area contributed by atoms with Crippen LogP contribution in [0.5, 0.6) is 0 Å². The van der Waals surface area contributed by atoms with Crippen molar-refractivity contribution in [3.8, 4) is 11.4 Å².